The minimum Gasteiger partial charge on any atom is -0.459 e. The summed E-state index contributed by atoms with van der Waals surface area (Å²) in [7, 11) is 3.74. The van der Waals surface area contributed by atoms with Crippen LogP contribution in [0.2, 0.25) is 0 Å². The van der Waals surface area contributed by atoms with Gasteiger partial charge in [-0.2, -0.15) is 0 Å². The van der Waals surface area contributed by atoms with Gasteiger partial charge in [-0.15, -0.1) is 0 Å². The van der Waals surface area contributed by atoms with Crippen LogP contribution < -0.4 is 0 Å². The Hall–Kier alpha value is -0.810. The summed E-state index contributed by atoms with van der Waals surface area (Å²) in [6, 6.07) is 0.404. The second-order valence-electron chi connectivity index (χ2n) is 5.84. The molecule has 2 N–H and O–H groups in total. The van der Waals surface area contributed by atoms with E-state index in [1.807, 2.05) is 19.0 Å². The lowest BCUT2D eigenvalue weighted by atomic mass is 9.74. The van der Waals surface area contributed by atoms with Gasteiger partial charge in [0.05, 0.1) is 11.7 Å². The number of ether oxygens (including phenoxy) is 1. The number of aliphatic hydroxyl groups excluding tert-OH is 1. The number of fused-ring (bicyclic) bond motifs is 1. The summed E-state index contributed by atoms with van der Waals surface area (Å²) in [4.78, 5) is 6.21. The van der Waals surface area contributed by atoms with Gasteiger partial charge in [0, 0.05) is 14.1 Å². The quantitative estimate of drug-likeness (QED) is 0.690. The zero-order chi connectivity index (χ0) is 12.8. The van der Waals surface area contributed by atoms with Gasteiger partial charge in [-0.05, 0) is 32.6 Å². The molecule has 2 rings (SSSR count). The zero-order valence-corrected chi connectivity index (χ0v) is 10.9. The van der Waals surface area contributed by atoms with Crippen LogP contribution in [0, 0.1) is 5.92 Å². The van der Waals surface area contributed by atoms with E-state index in [0.29, 0.717) is 12.4 Å². The standard InChI is InChI=1S/C12H22N2O3/c1-12(2,16)7-5-8(15)10-9(6-7)17-11(13-10)14(3)4/h7-10,15-16H,5-6H2,1-4H3/t7-,8+,9+,10-/m1/s1. The lowest BCUT2D eigenvalue weighted by Crippen LogP contribution is -2.47. The topological polar surface area (TPSA) is 65.3 Å². The highest BCUT2D eigenvalue weighted by molar-refractivity contribution is 5.75. The van der Waals surface area contributed by atoms with Gasteiger partial charge in [0.15, 0.2) is 0 Å². The molecule has 4 atom stereocenters. The van der Waals surface area contributed by atoms with Gasteiger partial charge in [-0.3, -0.25) is 0 Å². The molecule has 98 valence electrons. The summed E-state index contributed by atoms with van der Waals surface area (Å²) < 4.78 is 5.73. The van der Waals surface area contributed by atoms with Crippen LogP contribution in [-0.2, 0) is 4.74 Å². The summed E-state index contributed by atoms with van der Waals surface area (Å²) in [5.41, 5.74) is -0.782. The van der Waals surface area contributed by atoms with Gasteiger partial charge in [0.1, 0.15) is 12.1 Å². The van der Waals surface area contributed by atoms with Crippen molar-refractivity contribution in [1.29, 1.82) is 0 Å². The summed E-state index contributed by atoms with van der Waals surface area (Å²) in [5.74, 6) is 0.0514. The SMILES string of the molecule is CN(C)C1=N[C@H]2[C@H](C[C@H](C(C)(C)O)C[C@@H]2O)O1. The van der Waals surface area contributed by atoms with Crippen molar-refractivity contribution in [3.05, 3.63) is 0 Å². The van der Waals surface area contributed by atoms with Gasteiger partial charge in [0.2, 0.25) is 0 Å². The van der Waals surface area contributed by atoms with E-state index in [4.69, 9.17) is 4.74 Å². The molecular formula is C12H22N2O3. The summed E-state index contributed by atoms with van der Waals surface area (Å²) in [6.07, 6.45) is 0.694. The third kappa shape index (κ3) is 2.40. The molecule has 1 heterocycles. The number of hydrogen-bond acceptors (Lipinski definition) is 5. The highest BCUT2D eigenvalue weighted by Gasteiger charge is 2.46. The molecule has 17 heavy (non-hydrogen) atoms. The normalized spacial score (nSPS) is 37.2. The number of aliphatic hydroxyl groups is 2. The zero-order valence-electron chi connectivity index (χ0n) is 10.9. The number of nitrogens with zero attached hydrogens (tertiary/aromatic N) is 2. The van der Waals surface area contributed by atoms with Crippen molar-refractivity contribution < 1.29 is 14.9 Å². The van der Waals surface area contributed by atoms with E-state index in [1.54, 1.807) is 13.8 Å². The Bertz CT molecular complexity index is 322. The molecule has 2 aliphatic rings. The third-order valence-electron chi connectivity index (χ3n) is 3.72. The fourth-order valence-corrected chi connectivity index (χ4v) is 2.57. The van der Waals surface area contributed by atoms with Crippen LogP contribution in [0.3, 0.4) is 0 Å². The first-order valence-electron chi connectivity index (χ1n) is 6.11. The molecule has 5 heteroatoms. The summed E-state index contributed by atoms with van der Waals surface area (Å²) >= 11 is 0. The van der Waals surface area contributed by atoms with E-state index in [0.717, 1.165) is 6.42 Å². The average molecular weight is 242 g/mol. The van der Waals surface area contributed by atoms with Crippen molar-refractivity contribution in [2.75, 3.05) is 14.1 Å². The van der Waals surface area contributed by atoms with E-state index in [2.05, 4.69) is 4.99 Å². The lowest BCUT2D eigenvalue weighted by Gasteiger charge is -2.39. The molecule has 0 aromatic rings. The minimum absolute atomic E-state index is 0.0514. The van der Waals surface area contributed by atoms with Crippen molar-refractivity contribution >= 4 is 6.02 Å². The maximum absolute atomic E-state index is 10.1. The van der Waals surface area contributed by atoms with Gasteiger partial charge in [0.25, 0.3) is 6.02 Å². The first kappa shape index (κ1) is 12.6. The van der Waals surface area contributed by atoms with Gasteiger partial charge >= 0.3 is 0 Å². The van der Waals surface area contributed by atoms with E-state index < -0.39 is 11.7 Å². The van der Waals surface area contributed by atoms with Crippen LogP contribution in [0.15, 0.2) is 4.99 Å². The maximum atomic E-state index is 10.1. The second kappa shape index (κ2) is 4.14. The highest BCUT2D eigenvalue weighted by atomic mass is 16.5. The molecule has 0 radical (unpaired) electrons. The molecule has 1 aliphatic heterocycles. The van der Waals surface area contributed by atoms with E-state index in [9.17, 15) is 10.2 Å². The molecule has 0 aromatic carbocycles. The molecule has 1 fully saturated rings. The lowest BCUT2D eigenvalue weighted by molar-refractivity contribution is -0.0637. The molecule has 0 amide bonds. The van der Waals surface area contributed by atoms with Crippen molar-refractivity contribution in [2.45, 2.75) is 50.5 Å². The molecule has 0 spiro atoms. The fourth-order valence-electron chi connectivity index (χ4n) is 2.57. The Balaban J connectivity index is 2.10. The maximum Gasteiger partial charge on any atom is 0.287 e. The van der Waals surface area contributed by atoms with Gasteiger partial charge < -0.3 is 19.8 Å². The van der Waals surface area contributed by atoms with Crippen LogP contribution in [-0.4, -0.2) is 59.1 Å². The third-order valence-corrected chi connectivity index (χ3v) is 3.72. The number of rotatable bonds is 1. The van der Waals surface area contributed by atoms with Crippen LogP contribution in [0.1, 0.15) is 26.7 Å². The number of hydrogen-bond donors (Lipinski definition) is 2. The first-order chi connectivity index (χ1) is 7.79. The molecule has 1 aliphatic carbocycles. The Morgan fingerprint density at radius 1 is 1.35 bits per heavy atom. The van der Waals surface area contributed by atoms with E-state index in [1.165, 1.54) is 0 Å². The second-order valence-corrected chi connectivity index (χ2v) is 5.84. The molecule has 1 saturated carbocycles. The van der Waals surface area contributed by atoms with Crippen molar-refractivity contribution in [1.82, 2.24) is 4.90 Å². The van der Waals surface area contributed by atoms with Gasteiger partial charge in [-0.1, -0.05) is 0 Å². The number of aliphatic imine (C=N–C) groups is 1. The van der Waals surface area contributed by atoms with Crippen molar-refractivity contribution in [3.63, 3.8) is 0 Å². The van der Waals surface area contributed by atoms with Crippen LogP contribution in [0.4, 0.5) is 0 Å². The summed E-state index contributed by atoms with van der Waals surface area (Å²) in [5, 5.41) is 20.1. The fraction of sp³-hybridized carbons (Fsp3) is 0.917. The predicted octanol–water partition coefficient (Wildman–Crippen LogP) is 0.213. The predicted molar refractivity (Wildman–Crippen MR) is 64.8 cm³/mol. The van der Waals surface area contributed by atoms with Crippen LogP contribution in [0.25, 0.3) is 0 Å². The highest BCUT2D eigenvalue weighted by Crippen LogP contribution is 2.37. The molecular weight excluding hydrogens is 220 g/mol. The van der Waals surface area contributed by atoms with Crippen molar-refractivity contribution in [3.8, 4) is 0 Å². The van der Waals surface area contributed by atoms with Gasteiger partial charge in [-0.25, -0.2) is 4.99 Å². The molecule has 0 saturated heterocycles. The molecule has 5 nitrogen and oxygen atoms in total. The summed E-state index contributed by atoms with van der Waals surface area (Å²) in [6.45, 7) is 3.57. The Labute approximate surface area is 102 Å². The Kier molecular flexibility index (Phi) is 3.08. The monoisotopic (exact) mass is 242 g/mol. The smallest absolute Gasteiger partial charge is 0.287 e. The number of amidine groups is 1. The molecule has 0 unspecified atom stereocenters. The van der Waals surface area contributed by atoms with Crippen LogP contribution in [0.5, 0.6) is 0 Å². The Morgan fingerprint density at radius 2 is 2.00 bits per heavy atom. The molecule has 0 aromatic heterocycles. The average Bonchev–Trinajstić information content (AvgIpc) is 2.60. The van der Waals surface area contributed by atoms with Crippen LogP contribution >= 0.6 is 0 Å². The van der Waals surface area contributed by atoms with E-state index >= 15 is 0 Å². The van der Waals surface area contributed by atoms with E-state index in [-0.39, 0.29) is 18.1 Å². The first-order valence-corrected chi connectivity index (χ1v) is 6.11. The van der Waals surface area contributed by atoms with Crippen molar-refractivity contribution in [2.24, 2.45) is 10.9 Å². The Morgan fingerprint density at radius 3 is 2.53 bits per heavy atom. The molecule has 0 bridgehead atoms. The minimum atomic E-state index is -0.782. The largest absolute Gasteiger partial charge is 0.459 e.